The van der Waals surface area contributed by atoms with Crippen LogP contribution in [0.15, 0.2) is 11.2 Å². The molecule has 1 aromatic heterocycles. The second-order valence-corrected chi connectivity index (χ2v) is 5.46. The molecule has 16 heavy (non-hydrogen) atoms. The Hall–Kier alpha value is -0.810. The number of aryl methyl sites for hydroxylation is 1. The molecule has 0 amide bonds. The third kappa shape index (κ3) is 3.64. The zero-order valence-electron chi connectivity index (χ0n) is 10.2. The molecule has 4 nitrogen and oxygen atoms in total. The van der Waals surface area contributed by atoms with Crippen LogP contribution in [0.25, 0.3) is 0 Å². The van der Waals surface area contributed by atoms with Crippen molar-refractivity contribution in [1.82, 2.24) is 9.97 Å². The number of thioether (sulfide) groups is 1. The van der Waals surface area contributed by atoms with E-state index in [-0.39, 0.29) is 5.92 Å². The highest BCUT2D eigenvalue weighted by Crippen LogP contribution is 2.25. The molecule has 1 aromatic rings. The summed E-state index contributed by atoms with van der Waals surface area (Å²) in [5.41, 5.74) is 5.76. The van der Waals surface area contributed by atoms with Gasteiger partial charge in [-0.25, -0.2) is 9.97 Å². The summed E-state index contributed by atoms with van der Waals surface area (Å²) in [5, 5.41) is 10.7. The van der Waals surface area contributed by atoms with Gasteiger partial charge in [0.1, 0.15) is 5.82 Å². The molecule has 0 saturated carbocycles. The molecule has 0 aliphatic carbocycles. The smallest absolute Gasteiger partial charge is 0.189 e. The average molecular weight is 241 g/mol. The topological polar surface area (TPSA) is 72.0 Å². The SMILES string of the molecule is Cc1cc(N)nc(SCC(C)(O)C(C)C)n1. The van der Waals surface area contributed by atoms with Crippen LogP contribution in [0.1, 0.15) is 26.5 Å². The molecule has 0 saturated heterocycles. The molecule has 5 heteroatoms. The normalized spacial score (nSPS) is 15.1. The summed E-state index contributed by atoms with van der Waals surface area (Å²) >= 11 is 1.43. The summed E-state index contributed by atoms with van der Waals surface area (Å²) in [4.78, 5) is 8.37. The summed E-state index contributed by atoms with van der Waals surface area (Å²) in [7, 11) is 0. The Morgan fingerprint density at radius 1 is 1.50 bits per heavy atom. The minimum atomic E-state index is -0.716. The Bertz CT molecular complexity index is 346. The zero-order valence-corrected chi connectivity index (χ0v) is 11.0. The van der Waals surface area contributed by atoms with E-state index in [1.165, 1.54) is 11.8 Å². The van der Waals surface area contributed by atoms with Crippen molar-refractivity contribution >= 4 is 17.6 Å². The molecule has 3 N–H and O–H groups in total. The van der Waals surface area contributed by atoms with E-state index in [0.717, 1.165) is 5.69 Å². The second-order valence-electron chi connectivity index (χ2n) is 4.52. The molecule has 0 aromatic carbocycles. The fraction of sp³-hybridized carbons (Fsp3) is 0.636. The van der Waals surface area contributed by atoms with Crippen molar-refractivity contribution in [2.45, 2.75) is 38.5 Å². The Morgan fingerprint density at radius 3 is 2.62 bits per heavy atom. The highest BCUT2D eigenvalue weighted by Gasteiger charge is 2.25. The summed E-state index contributed by atoms with van der Waals surface area (Å²) in [5.74, 6) is 1.23. The summed E-state index contributed by atoms with van der Waals surface area (Å²) in [6, 6.07) is 1.73. The highest BCUT2D eigenvalue weighted by atomic mass is 32.2. The van der Waals surface area contributed by atoms with Crippen LogP contribution in [-0.2, 0) is 0 Å². The van der Waals surface area contributed by atoms with E-state index in [2.05, 4.69) is 9.97 Å². The number of hydrogen-bond donors (Lipinski definition) is 2. The van der Waals surface area contributed by atoms with Crippen LogP contribution in [0.5, 0.6) is 0 Å². The van der Waals surface area contributed by atoms with Crippen molar-refractivity contribution in [1.29, 1.82) is 0 Å². The van der Waals surface area contributed by atoms with Crippen LogP contribution in [-0.4, -0.2) is 26.4 Å². The quantitative estimate of drug-likeness (QED) is 0.622. The lowest BCUT2D eigenvalue weighted by atomic mass is 9.95. The van der Waals surface area contributed by atoms with Crippen LogP contribution < -0.4 is 5.73 Å². The van der Waals surface area contributed by atoms with Crippen molar-refractivity contribution in [3.05, 3.63) is 11.8 Å². The number of nitrogens with zero attached hydrogens (tertiary/aromatic N) is 2. The maximum Gasteiger partial charge on any atom is 0.189 e. The van der Waals surface area contributed by atoms with Crippen molar-refractivity contribution in [3.8, 4) is 0 Å². The third-order valence-corrected chi connectivity index (χ3v) is 3.76. The molecule has 90 valence electrons. The maximum atomic E-state index is 10.1. The Balaban J connectivity index is 2.68. The average Bonchev–Trinajstić information content (AvgIpc) is 2.13. The van der Waals surface area contributed by atoms with Crippen molar-refractivity contribution in [3.63, 3.8) is 0 Å². The molecule has 0 spiro atoms. The molecule has 1 unspecified atom stereocenters. The van der Waals surface area contributed by atoms with E-state index < -0.39 is 5.60 Å². The van der Waals surface area contributed by atoms with E-state index in [1.807, 2.05) is 27.7 Å². The fourth-order valence-electron chi connectivity index (χ4n) is 1.01. The summed E-state index contributed by atoms with van der Waals surface area (Å²) < 4.78 is 0. The Labute approximate surface area is 101 Å². The van der Waals surface area contributed by atoms with E-state index in [4.69, 9.17) is 5.73 Å². The first-order valence-electron chi connectivity index (χ1n) is 5.27. The monoisotopic (exact) mass is 241 g/mol. The minimum Gasteiger partial charge on any atom is -0.389 e. The van der Waals surface area contributed by atoms with Gasteiger partial charge in [-0.3, -0.25) is 0 Å². The predicted octanol–water partition coefficient (Wildman–Crippen LogP) is 1.87. The number of nitrogen functional groups attached to an aromatic ring is 1. The standard InChI is InChI=1S/C11H19N3OS/c1-7(2)11(4,15)6-16-10-13-8(3)5-9(12)14-10/h5,7,15H,6H2,1-4H3,(H2,12,13,14). The van der Waals surface area contributed by atoms with E-state index >= 15 is 0 Å². The molecule has 1 heterocycles. The van der Waals surface area contributed by atoms with E-state index in [9.17, 15) is 5.11 Å². The molecule has 0 aliphatic rings. The van der Waals surface area contributed by atoms with Gasteiger partial charge in [-0.15, -0.1) is 0 Å². The van der Waals surface area contributed by atoms with Gasteiger partial charge in [-0.05, 0) is 19.8 Å². The summed E-state index contributed by atoms with van der Waals surface area (Å²) in [6.07, 6.45) is 0. The number of hydrogen-bond acceptors (Lipinski definition) is 5. The van der Waals surface area contributed by atoms with Crippen molar-refractivity contribution < 1.29 is 5.11 Å². The minimum absolute atomic E-state index is 0.196. The van der Waals surface area contributed by atoms with Gasteiger partial charge in [0.05, 0.1) is 5.60 Å². The molecular formula is C11H19N3OS. The first kappa shape index (κ1) is 13.3. The second kappa shape index (κ2) is 5.01. The highest BCUT2D eigenvalue weighted by molar-refractivity contribution is 7.99. The number of nitrogens with two attached hydrogens (primary N) is 1. The number of anilines is 1. The molecule has 1 rings (SSSR count). The van der Waals surface area contributed by atoms with Gasteiger partial charge < -0.3 is 10.8 Å². The van der Waals surface area contributed by atoms with Crippen LogP contribution in [0, 0.1) is 12.8 Å². The molecule has 0 radical (unpaired) electrons. The van der Waals surface area contributed by atoms with Crippen LogP contribution in [0.2, 0.25) is 0 Å². The number of aromatic nitrogens is 2. The van der Waals surface area contributed by atoms with Crippen LogP contribution in [0.3, 0.4) is 0 Å². The largest absolute Gasteiger partial charge is 0.389 e. The molecule has 0 bridgehead atoms. The van der Waals surface area contributed by atoms with Gasteiger partial charge in [-0.2, -0.15) is 0 Å². The summed E-state index contributed by atoms with van der Waals surface area (Å²) in [6.45, 7) is 7.69. The van der Waals surface area contributed by atoms with Crippen LogP contribution in [0.4, 0.5) is 5.82 Å². The van der Waals surface area contributed by atoms with Crippen LogP contribution >= 0.6 is 11.8 Å². The first-order valence-corrected chi connectivity index (χ1v) is 6.26. The lowest BCUT2D eigenvalue weighted by Gasteiger charge is -2.26. The number of aliphatic hydroxyl groups is 1. The van der Waals surface area contributed by atoms with Crippen molar-refractivity contribution in [2.75, 3.05) is 11.5 Å². The zero-order chi connectivity index (χ0) is 12.3. The van der Waals surface area contributed by atoms with Gasteiger partial charge in [0, 0.05) is 17.5 Å². The van der Waals surface area contributed by atoms with Gasteiger partial charge in [0.25, 0.3) is 0 Å². The molecule has 1 atom stereocenters. The van der Waals surface area contributed by atoms with Crippen molar-refractivity contribution in [2.24, 2.45) is 5.92 Å². The lowest BCUT2D eigenvalue weighted by Crippen LogP contribution is -2.33. The Morgan fingerprint density at radius 2 is 2.12 bits per heavy atom. The first-order chi connectivity index (χ1) is 7.31. The Kier molecular flexibility index (Phi) is 4.15. The fourth-order valence-corrected chi connectivity index (χ4v) is 2.14. The predicted molar refractivity (Wildman–Crippen MR) is 67.4 cm³/mol. The van der Waals surface area contributed by atoms with Gasteiger partial charge >= 0.3 is 0 Å². The van der Waals surface area contributed by atoms with Gasteiger partial charge in [0.2, 0.25) is 0 Å². The van der Waals surface area contributed by atoms with E-state index in [1.54, 1.807) is 6.07 Å². The third-order valence-electron chi connectivity index (χ3n) is 2.59. The lowest BCUT2D eigenvalue weighted by molar-refractivity contribution is 0.0376. The van der Waals surface area contributed by atoms with E-state index in [0.29, 0.717) is 16.7 Å². The maximum absolute atomic E-state index is 10.1. The molecular weight excluding hydrogens is 222 g/mol. The molecule has 0 aliphatic heterocycles. The molecule has 0 fully saturated rings. The van der Waals surface area contributed by atoms with Gasteiger partial charge in [0.15, 0.2) is 5.16 Å². The van der Waals surface area contributed by atoms with Gasteiger partial charge in [-0.1, -0.05) is 25.6 Å². The number of rotatable bonds is 4.